The van der Waals surface area contributed by atoms with Gasteiger partial charge in [0.2, 0.25) is 0 Å². The van der Waals surface area contributed by atoms with Crippen LogP contribution in [-0.4, -0.2) is 24.1 Å². The van der Waals surface area contributed by atoms with Crippen LogP contribution in [0.25, 0.3) is 0 Å². The second kappa shape index (κ2) is 6.89. The molecule has 0 unspecified atom stereocenters. The number of carbonyl (C=O) groups excluding carboxylic acids is 1. The third-order valence-corrected chi connectivity index (χ3v) is 4.47. The first kappa shape index (κ1) is 14.3. The van der Waals surface area contributed by atoms with Gasteiger partial charge in [-0.15, -0.1) is 11.3 Å². The molecule has 1 N–H and O–H groups in total. The lowest BCUT2D eigenvalue weighted by atomic mass is 9.83. The molecule has 1 aliphatic rings. The van der Waals surface area contributed by atoms with Gasteiger partial charge in [0.05, 0.1) is 6.61 Å². The Kier molecular flexibility index (Phi) is 5.19. The van der Waals surface area contributed by atoms with Crippen molar-refractivity contribution in [1.82, 2.24) is 4.98 Å². The number of thiazole rings is 1. The van der Waals surface area contributed by atoms with Gasteiger partial charge in [0.15, 0.2) is 10.8 Å². The second-order valence-corrected chi connectivity index (χ2v) is 6.12. The molecule has 1 saturated carbocycles. The van der Waals surface area contributed by atoms with E-state index in [0.717, 1.165) is 23.5 Å². The Morgan fingerprint density at radius 1 is 1.47 bits per heavy atom. The van der Waals surface area contributed by atoms with Crippen molar-refractivity contribution in [2.24, 2.45) is 11.8 Å². The monoisotopic (exact) mass is 282 g/mol. The van der Waals surface area contributed by atoms with E-state index in [1.807, 2.05) is 0 Å². The molecule has 1 aromatic rings. The van der Waals surface area contributed by atoms with Crippen LogP contribution in [0.5, 0.6) is 0 Å². The van der Waals surface area contributed by atoms with Gasteiger partial charge in [-0.05, 0) is 31.6 Å². The fourth-order valence-electron chi connectivity index (χ4n) is 2.42. The van der Waals surface area contributed by atoms with Gasteiger partial charge in [-0.25, -0.2) is 9.78 Å². The van der Waals surface area contributed by atoms with Gasteiger partial charge in [0.25, 0.3) is 0 Å². The smallest absolute Gasteiger partial charge is 0.357 e. The largest absolute Gasteiger partial charge is 0.461 e. The molecule has 1 heterocycles. The summed E-state index contributed by atoms with van der Waals surface area (Å²) in [5.41, 5.74) is 0.409. The fraction of sp³-hybridized carbons (Fsp3) is 0.714. The molecule has 1 aliphatic carbocycles. The zero-order valence-corrected chi connectivity index (χ0v) is 12.5. The number of nitrogens with one attached hydrogen (secondary N) is 1. The van der Waals surface area contributed by atoms with Crippen LogP contribution < -0.4 is 5.32 Å². The van der Waals surface area contributed by atoms with Gasteiger partial charge in [0, 0.05) is 11.9 Å². The van der Waals surface area contributed by atoms with Crippen molar-refractivity contribution in [1.29, 1.82) is 0 Å². The molecule has 0 spiro atoms. The molecular formula is C14H22N2O2S. The molecule has 2 rings (SSSR count). The van der Waals surface area contributed by atoms with E-state index < -0.39 is 0 Å². The van der Waals surface area contributed by atoms with Crippen LogP contribution in [0.4, 0.5) is 5.13 Å². The van der Waals surface area contributed by atoms with E-state index >= 15 is 0 Å². The lowest BCUT2D eigenvalue weighted by Gasteiger charge is -2.26. The SMILES string of the molecule is CCOC(=O)c1csc(NCC2CCC(C)CC2)n1. The third-order valence-electron chi connectivity index (χ3n) is 3.67. The summed E-state index contributed by atoms with van der Waals surface area (Å²) in [7, 11) is 0. The topological polar surface area (TPSA) is 51.2 Å². The lowest BCUT2D eigenvalue weighted by Crippen LogP contribution is -2.20. The van der Waals surface area contributed by atoms with Gasteiger partial charge >= 0.3 is 5.97 Å². The standard InChI is InChI=1S/C14H22N2O2S/c1-3-18-13(17)12-9-19-14(16-12)15-8-11-6-4-10(2)5-7-11/h9-11H,3-8H2,1-2H3,(H,15,16). The van der Waals surface area contributed by atoms with Crippen molar-refractivity contribution in [3.63, 3.8) is 0 Å². The van der Waals surface area contributed by atoms with Crippen LogP contribution in [0.15, 0.2) is 5.38 Å². The van der Waals surface area contributed by atoms with E-state index in [9.17, 15) is 4.79 Å². The minimum absolute atomic E-state index is 0.335. The molecule has 4 nitrogen and oxygen atoms in total. The van der Waals surface area contributed by atoms with Gasteiger partial charge in [-0.3, -0.25) is 0 Å². The van der Waals surface area contributed by atoms with Gasteiger partial charge < -0.3 is 10.1 Å². The average molecular weight is 282 g/mol. The molecule has 0 radical (unpaired) electrons. The van der Waals surface area contributed by atoms with E-state index in [0.29, 0.717) is 12.3 Å². The van der Waals surface area contributed by atoms with Crippen molar-refractivity contribution in [3.8, 4) is 0 Å². The molecule has 0 amide bonds. The predicted octanol–water partition coefficient (Wildman–Crippen LogP) is 3.56. The molecule has 1 fully saturated rings. The van der Waals surface area contributed by atoms with Crippen LogP contribution >= 0.6 is 11.3 Å². The molecule has 0 aromatic carbocycles. The number of anilines is 1. The van der Waals surface area contributed by atoms with Gasteiger partial charge in [-0.2, -0.15) is 0 Å². The lowest BCUT2D eigenvalue weighted by molar-refractivity contribution is 0.0520. The van der Waals surface area contributed by atoms with Crippen LogP contribution in [0, 0.1) is 11.8 Å². The first-order valence-electron chi connectivity index (χ1n) is 7.05. The molecule has 0 aliphatic heterocycles. The molecule has 5 heteroatoms. The van der Waals surface area contributed by atoms with Crippen LogP contribution in [0.2, 0.25) is 0 Å². The maximum atomic E-state index is 11.5. The van der Waals surface area contributed by atoms with Crippen LogP contribution in [0.3, 0.4) is 0 Å². The van der Waals surface area contributed by atoms with E-state index in [1.54, 1.807) is 12.3 Å². The Labute approximate surface area is 118 Å². The Balaban J connectivity index is 1.78. The highest BCUT2D eigenvalue weighted by Gasteiger charge is 2.18. The first-order chi connectivity index (χ1) is 9.19. The van der Waals surface area contributed by atoms with Crippen LogP contribution in [-0.2, 0) is 4.74 Å². The van der Waals surface area contributed by atoms with Crippen molar-refractivity contribution >= 4 is 22.4 Å². The minimum Gasteiger partial charge on any atom is -0.461 e. The van der Waals surface area contributed by atoms with Crippen molar-refractivity contribution in [3.05, 3.63) is 11.1 Å². The van der Waals surface area contributed by atoms with Crippen molar-refractivity contribution < 1.29 is 9.53 Å². The zero-order chi connectivity index (χ0) is 13.7. The van der Waals surface area contributed by atoms with E-state index in [1.165, 1.54) is 37.0 Å². The number of nitrogens with zero attached hydrogens (tertiary/aromatic N) is 1. The number of esters is 1. The summed E-state index contributed by atoms with van der Waals surface area (Å²) in [6, 6.07) is 0. The molecule has 0 bridgehead atoms. The van der Waals surface area contributed by atoms with Crippen LogP contribution in [0.1, 0.15) is 50.0 Å². The molecule has 19 heavy (non-hydrogen) atoms. The molecule has 1 aromatic heterocycles. The van der Waals surface area contributed by atoms with E-state index in [2.05, 4.69) is 17.2 Å². The Morgan fingerprint density at radius 3 is 2.89 bits per heavy atom. The maximum absolute atomic E-state index is 11.5. The number of rotatable bonds is 5. The summed E-state index contributed by atoms with van der Waals surface area (Å²) < 4.78 is 4.92. The molecule has 106 valence electrons. The molecule has 0 saturated heterocycles. The van der Waals surface area contributed by atoms with E-state index in [-0.39, 0.29) is 5.97 Å². The third kappa shape index (κ3) is 4.20. The van der Waals surface area contributed by atoms with Gasteiger partial charge in [-0.1, -0.05) is 19.8 Å². The van der Waals surface area contributed by atoms with Crippen molar-refractivity contribution in [2.75, 3.05) is 18.5 Å². The summed E-state index contributed by atoms with van der Waals surface area (Å²) in [4.78, 5) is 15.8. The van der Waals surface area contributed by atoms with Gasteiger partial charge in [0.1, 0.15) is 0 Å². The van der Waals surface area contributed by atoms with Crippen molar-refractivity contribution in [2.45, 2.75) is 39.5 Å². The first-order valence-corrected chi connectivity index (χ1v) is 7.93. The number of carbonyl (C=O) groups is 1. The van der Waals surface area contributed by atoms with E-state index in [4.69, 9.17) is 4.74 Å². The predicted molar refractivity (Wildman–Crippen MR) is 77.7 cm³/mol. The summed E-state index contributed by atoms with van der Waals surface area (Å²) in [5, 5.41) is 5.92. The number of aromatic nitrogens is 1. The Bertz CT molecular complexity index is 411. The Morgan fingerprint density at radius 2 is 2.21 bits per heavy atom. The zero-order valence-electron chi connectivity index (χ0n) is 11.6. The summed E-state index contributed by atoms with van der Waals surface area (Å²) in [5.74, 6) is 1.29. The highest BCUT2D eigenvalue weighted by atomic mass is 32.1. The summed E-state index contributed by atoms with van der Waals surface area (Å²) in [6.45, 7) is 5.48. The highest BCUT2D eigenvalue weighted by Crippen LogP contribution is 2.28. The summed E-state index contributed by atoms with van der Waals surface area (Å²) in [6.07, 6.45) is 5.26. The number of ether oxygens (including phenoxy) is 1. The maximum Gasteiger partial charge on any atom is 0.357 e. The number of hydrogen-bond acceptors (Lipinski definition) is 5. The normalized spacial score (nSPS) is 23.1. The molecular weight excluding hydrogens is 260 g/mol. The fourth-order valence-corrected chi connectivity index (χ4v) is 3.11. The summed E-state index contributed by atoms with van der Waals surface area (Å²) >= 11 is 1.47. The average Bonchev–Trinajstić information content (AvgIpc) is 2.87. The quantitative estimate of drug-likeness (QED) is 0.839. The molecule has 0 atom stereocenters. The second-order valence-electron chi connectivity index (χ2n) is 5.27. The number of hydrogen-bond donors (Lipinski definition) is 1. The minimum atomic E-state index is -0.335. The Hall–Kier alpha value is -1.10. The highest BCUT2D eigenvalue weighted by molar-refractivity contribution is 7.13.